The first-order valence-corrected chi connectivity index (χ1v) is 13.8. The lowest BCUT2D eigenvalue weighted by atomic mass is 9.73. The molecule has 1 atom stereocenters. The Morgan fingerprint density at radius 3 is 2.24 bits per heavy atom. The molecule has 1 aliphatic heterocycles. The molecule has 1 aromatic heterocycles. The highest BCUT2D eigenvalue weighted by atomic mass is 35.5. The van der Waals surface area contributed by atoms with Crippen LogP contribution in [0.3, 0.4) is 0 Å². The standard InChI is InChI=1S/C32H32ClN3O5/c1-5-39-30(37)32(18-36(4)19-32)25-16-14-23(15-17-25)22-10-12-24(13-11-22)29-28(20(2)35-41-29)34-31(38)40-21(3)26-8-6-7-9-27(26)33/h6-17,21H,5,18-19H2,1-4H3,(H,34,38)/t21-/m1/s1. The number of amides is 1. The van der Waals surface area contributed by atoms with Crippen LogP contribution in [-0.4, -0.2) is 48.9 Å². The molecule has 0 unspecified atom stereocenters. The van der Waals surface area contributed by atoms with Crippen LogP contribution in [0.1, 0.15) is 36.8 Å². The number of benzene rings is 3. The molecule has 0 radical (unpaired) electrons. The molecule has 0 saturated carbocycles. The van der Waals surface area contributed by atoms with E-state index in [1.54, 1.807) is 19.9 Å². The number of likely N-dealkylation sites (tertiary alicyclic amines) is 1. The molecule has 8 nitrogen and oxygen atoms in total. The normalized spacial score (nSPS) is 15.0. The maximum Gasteiger partial charge on any atom is 0.412 e. The number of aromatic nitrogens is 1. The number of hydrogen-bond donors (Lipinski definition) is 1. The average molecular weight is 574 g/mol. The van der Waals surface area contributed by atoms with E-state index in [9.17, 15) is 9.59 Å². The summed E-state index contributed by atoms with van der Waals surface area (Å²) in [6.45, 7) is 6.97. The highest BCUT2D eigenvalue weighted by Crippen LogP contribution is 2.37. The number of hydrogen-bond acceptors (Lipinski definition) is 7. The molecule has 1 N–H and O–H groups in total. The van der Waals surface area contributed by atoms with Crippen molar-refractivity contribution in [3.05, 3.63) is 94.6 Å². The smallest absolute Gasteiger partial charge is 0.412 e. The molecule has 0 spiro atoms. The maximum absolute atomic E-state index is 12.7. The van der Waals surface area contributed by atoms with Crippen molar-refractivity contribution >= 4 is 29.4 Å². The van der Waals surface area contributed by atoms with Gasteiger partial charge >= 0.3 is 12.1 Å². The van der Waals surface area contributed by atoms with E-state index < -0.39 is 17.6 Å². The summed E-state index contributed by atoms with van der Waals surface area (Å²) < 4.78 is 16.5. The number of ether oxygens (including phenoxy) is 2. The first kappa shape index (κ1) is 28.4. The summed E-state index contributed by atoms with van der Waals surface area (Å²) in [5, 5.41) is 7.35. The van der Waals surface area contributed by atoms with Gasteiger partial charge in [-0.05, 0) is 50.6 Å². The zero-order valence-electron chi connectivity index (χ0n) is 23.4. The van der Waals surface area contributed by atoms with Crippen LogP contribution in [0.25, 0.3) is 22.5 Å². The van der Waals surface area contributed by atoms with Crippen molar-refractivity contribution in [3.63, 3.8) is 0 Å². The summed E-state index contributed by atoms with van der Waals surface area (Å²) >= 11 is 6.24. The third kappa shape index (κ3) is 5.71. The molecule has 1 amide bonds. The average Bonchev–Trinajstić information content (AvgIpc) is 3.31. The molecule has 212 valence electrons. The molecule has 9 heteroatoms. The lowest BCUT2D eigenvalue weighted by Crippen LogP contribution is -2.62. The molecular weight excluding hydrogens is 542 g/mol. The third-order valence-corrected chi connectivity index (χ3v) is 7.72. The maximum atomic E-state index is 12.7. The van der Waals surface area contributed by atoms with Crippen LogP contribution in [0, 0.1) is 6.92 Å². The minimum atomic E-state index is -0.639. The summed E-state index contributed by atoms with van der Waals surface area (Å²) in [6.07, 6.45) is -1.18. The molecule has 0 aliphatic carbocycles. The van der Waals surface area contributed by atoms with E-state index in [-0.39, 0.29) is 5.97 Å². The first-order valence-electron chi connectivity index (χ1n) is 13.5. The van der Waals surface area contributed by atoms with Crippen molar-refractivity contribution in [2.24, 2.45) is 0 Å². The third-order valence-electron chi connectivity index (χ3n) is 7.38. The van der Waals surface area contributed by atoms with Crippen molar-refractivity contribution < 1.29 is 23.6 Å². The number of likely N-dealkylation sites (N-methyl/N-ethyl adjacent to an activating group) is 1. The van der Waals surface area contributed by atoms with Gasteiger partial charge < -0.3 is 18.9 Å². The molecular formula is C32H32ClN3O5. The predicted octanol–water partition coefficient (Wildman–Crippen LogP) is 7.03. The van der Waals surface area contributed by atoms with Gasteiger partial charge in [0.25, 0.3) is 0 Å². The van der Waals surface area contributed by atoms with Crippen LogP contribution < -0.4 is 5.32 Å². The minimum absolute atomic E-state index is 0.177. The monoisotopic (exact) mass is 573 g/mol. The Hall–Kier alpha value is -4.14. The Morgan fingerprint density at radius 2 is 1.63 bits per heavy atom. The largest absolute Gasteiger partial charge is 0.465 e. The summed E-state index contributed by atoms with van der Waals surface area (Å²) in [4.78, 5) is 27.6. The molecule has 4 aromatic rings. The van der Waals surface area contributed by atoms with Gasteiger partial charge in [0.05, 0.1) is 6.61 Å². The fraction of sp³-hybridized carbons (Fsp3) is 0.281. The molecule has 1 saturated heterocycles. The Labute approximate surface area is 244 Å². The van der Waals surface area contributed by atoms with Crippen molar-refractivity contribution in [2.75, 3.05) is 32.1 Å². The van der Waals surface area contributed by atoms with E-state index >= 15 is 0 Å². The number of halogens is 1. The number of anilines is 1. The van der Waals surface area contributed by atoms with Gasteiger partial charge in [-0.3, -0.25) is 10.1 Å². The number of aryl methyl sites for hydroxylation is 1. The van der Waals surface area contributed by atoms with E-state index in [1.165, 1.54) is 0 Å². The number of nitrogens with zero attached hydrogens (tertiary/aromatic N) is 2. The lowest BCUT2D eigenvalue weighted by molar-refractivity contribution is -0.157. The van der Waals surface area contributed by atoms with Gasteiger partial charge in [0.15, 0.2) is 5.76 Å². The van der Waals surface area contributed by atoms with Gasteiger partial charge in [-0.1, -0.05) is 83.5 Å². The van der Waals surface area contributed by atoms with Crippen LogP contribution in [0.2, 0.25) is 5.02 Å². The summed E-state index contributed by atoms with van der Waals surface area (Å²) in [5.41, 5.74) is 4.77. The Morgan fingerprint density at radius 1 is 1.02 bits per heavy atom. The molecule has 1 aliphatic rings. The van der Waals surface area contributed by atoms with E-state index in [0.29, 0.717) is 47.4 Å². The minimum Gasteiger partial charge on any atom is -0.465 e. The van der Waals surface area contributed by atoms with Crippen molar-refractivity contribution in [1.29, 1.82) is 0 Å². The zero-order valence-corrected chi connectivity index (χ0v) is 24.2. The summed E-state index contributed by atoms with van der Waals surface area (Å²) in [6, 6.07) is 23.0. The fourth-order valence-corrected chi connectivity index (χ4v) is 5.53. The van der Waals surface area contributed by atoms with E-state index in [1.807, 2.05) is 80.7 Å². The number of rotatable bonds is 8. The van der Waals surface area contributed by atoms with E-state index in [4.69, 9.17) is 25.6 Å². The fourth-order valence-electron chi connectivity index (χ4n) is 5.24. The number of carbonyl (C=O) groups is 2. The lowest BCUT2D eigenvalue weighted by Gasteiger charge is -2.46. The van der Waals surface area contributed by atoms with Gasteiger partial charge in [0.2, 0.25) is 0 Å². The number of esters is 1. The molecule has 41 heavy (non-hydrogen) atoms. The van der Waals surface area contributed by atoms with Gasteiger partial charge in [0, 0.05) is 29.2 Å². The molecule has 1 fully saturated rings. The van der Waals surface area contributed by atoms with Gasteiger partial charge in [-0.15, -0.1) is 0 Å². The summed E-state index contributed by atoms with van der Waals surface area (Å²) in [5.74, 6) is 0.251. The number of nitrogens with one attached hydrogen (secondary N) is 1. The van der Waals surface area contributed by atoms with Crippen LogP contribution in [-0.2, 0) is 19.7 Å². The van der Waals surface area contributed by atoms with Gasteiger partial charge in [-0.25, -0.2) is 4.79 Å². The van der Waals surface area contributed by atoms with E-state index in [0.717, 1.165) is 22.3 Å². The van der Waals surface area contributed by atoms with Crippen LogP contribution in [0.15, 0.2) is 77.3 Å². The second-order valence-corrected chi connectivity index (χ2v) is 10.7. The molecule has 2 heterocycles. The highest BCUT2D eigenvalue weighted by Gasteiger charge is 2.50. The molecule has 3 aromatic carbocycles. The quantitative estimate of drug-likeness (QED) is 0.226. The Bertz CT molecular complexity index is 1540. The molecule has 5 rings (SSSR count). The van der Waals surface area contributed by atoms with Crippen LogP contribution in [0.4, 0.5) is 10.5 Å². The first-order chi connectivity index (χ1) is 19.7. The van der Waals surface area contributed by atoms with Gasteiger partial charge in [0.1, 0.15) is 22.9 Å². The van der Waals surface area contributed by atoms with Crippen molar-refractivity contribution in [1.82, 2.24) is 10.1 Å². The Kier molecular flexibility index (Phi) is 8.15. The Balaban J connectivity index is 1.30. The van der Waals surface area contributed by atoms with Crippen LogP contribution >= 0.6 is 11.6 Å². The van der Waals surface area contributed by atoms with Crippen molar-refractivity contribution in [2.45, 2.75) is 32.3 Å². The van der Waals surface area contributed by atoms with Gasteiger partial charge in [-0.2, -0.15) is 0 Å². The number of carbonyl (C=O) groups excluding carboxylic acids is 2. The van der Waals surface area contributed by atoms with E-state index in [2.05, 4.69) is 15.4 Å². The predicted molar refractivity (Wildman–Crippen MR) is 158 cm³/mol. The SMILES string of the molecule is CCOC(=O)C1(c2ccc(-c3ccc(-c4onc(C)c4NC(=O)O[C@H](C)c4ccccc4Cl)cc3)cc2)CN(C)C1. The highest BCUT2D eigenvalue weighted by molar-refractivity contribution is 6.31. The zero-order chi connectivity index (χ0) is 29.1. The van der Waals surface area contributed by atoms with Crippen molar-refractivity contribution in [3.8, 4) is 22.5 Å². The van der Waals surface area contributed by atoms with Crippen LogP contribution in [0.5, 0.6) is 0 Å². The second kappa shape index (κ2) is 11.8. The summed E-state index contributed by atoms with van der Waals surface area (Å²) in [7, 11) is 1.99. The molecule has 0 bridgehead atoms. The topological polar surface area (TPSA) is 93.9 Å². The second-order valence-electron chi connectivity index (χ2n) is 10.3.